The third-order valence-corrected chi connectivity index (χ3v) is 7.31. The minimum absolute atomic E-state index is 0.461. The van der Waals surface area contributed by atoms with E-state index in [2.05, 4.69) is 32.4 Å². The van der Waals surface area contributed by atoms with Gasteiger partial charge in [0, 0.05) is 24.0 Å². The average molecular weight is 609 g/mol. The van der Waals surface area contributed by atoms with Crippen molar-refractivity contribution in [2.75, 3.05) is 11.1 Å². The second-order valence-corrected chi connectivity index (χ2v) is 10.6. The fraction of sp³-hybridized carbons (Fsp3) is 0.132. The van der Waals surface area contributed by atoms with E-state index in [0.717, 1.165) is 39.5 Å². The second-order valence-electron chi connectivity index (χ2n) is 10.6. The third-order valence-electron chi connectivity index (χ3n) is 7.31. The number of hydrogen-bond acceptors (Lipinski definition) is 7. The molecule has 8 heteroatoms. The normalized spacial score (nSPS) is 11.2. The Kier molecular flexibility index (Phi) is 10.8. The van der Waals surface area contributed by atoms with Gasteiger partial charge in [-0.3, -0.25) is 0 Å². The van der Waals surface area contributed by atoms with E-state index < -0.39 is 12.0 Å². The Morgan fingerprint density at radius 1 is 0.674 bits per heavy atom. The van der Waals surface area contributed by atoms with Crippen molar-refractivity contribution in [2.24, 2.45) is 0 Å². The molecule has 6 aromatic rings. The molecule has 1 atom stereocenters. The highest BCUT2D eigenvalue weighted by molar-refractivity contribution is 5.77. The third kappa shape index (κ3) is 8.60. The van der Waals surface area contributed by atoms with Crippen molar-refractivity contribution in [3.05, 3.63) is 156 Å². The number of aliphatic carboxylic acids is 1. The first-order valence-corrected chi connectivity index (χ1v) is 15.2. The lowest BCUT2D eigenvalue weighted by molar-refractivity contribution is -0.137. The van der Waals surface area contributed by atoms with Crippen molar-refractivity contribution in [1.82, 2.24) is 19.9 Å². The molecule has 0 amide bonds. The van der Waals surface area contributed by atoms with E-state index in [1.807, 2.05) is 116 Å². The van der Waals surface area contributed by atoms with Crippen LogP contribution < -0.4 is 11.1 Å². The number of carboxylic acid groups (broad SMARTS) is 1. The molecule has 6 rings (SSSR count). The molecule has 8 nitrogen and oxygen atoms in total. The quantitative estimate of drug-likeness (QED) is 0.148. The Morgan fingerprint density at radius 3 is 1.59 bits per heavy atom. The van der Waals surface area contributed by atoms with Crippen LogP contribution in [-0.4, -0.2) is 37.1 Å². The number of carbonyl (C=O) groups is 1. The van der Waals surface area contributed by atoms with Gasteiger partial charge in [-0.2, -0.15) is 0 Å². The number of hydrogen-bond donors (Lipinski definition) is 3. The van der Waals surface area contributed by atoms with Crippen LogP contribution in [-0.2, 0) is 17.6 Å². The van der Waals surface area contributed by atoms with E-state index in [9.17, 15) is 9.90 Å². The lowest BCUT2D eigenvalue weighted by Crippen LogP contribution is -2.29. The Hall–Kier alpha value is -5.89. The van der Waals surface area contributed by atoms with Crippen molar-refractivity contribution in [1.29, 1.82) is 0 Å². The van der Waals surface area contributed by atoms with Crippen LogP contribution in [0.15, 0.2) is 134 Å². The fourth-order valence-electron chi connectivity index (χ4n) is 4.82. The van der Waals surface area contributed by atoms with E-state index in [0.29, 0.717) is 30.9 Å². The zero-order valence-corrected chi connectivity index (χ0v) is 25.6. The van der Waals surface area contributed by atoms with Crippen LogP contribution in [0.1, 0.15) is 35.9 Å². The minimum Gasteiger partial charge on any atom is -0.480 e. The first kappa shape index (κ1) is 31.5. The maximum absolute atomic E-state index is 11.4. The highest BCUT2D eigenvalue weighted by atomic mass is 16.4. The van der Waals surface area contributed by atoms with Crippen LogP contribution >= 0.6 is 0 Å². The molecule has 0 spiro atoms. The van der Waals surface area contributed by atoms with E-state index in [1.165, 1.54) is 5.56 Å². The molecule has 1 unspecified atom stereocenters. The molecule has 0 fully saturated rings. The predicted molar refractivity (Wildman–Crippen MR) is 183 cm³/mol. The first-order valence-electron chi connectivity index (χ1n) is 15.2. The first-order chi connectivity index (χ1) is 22.5. The summed E-state index contributed by atoms with van der Waals surface area (Å²) in [5.41, 5.74) is 13.4. The van der Waals surface area contributed by atoms with E-state index in [-0.39, 0.29) is 0 Å². The van der Waals surface area contributed by atoms with Crippen LogP contribution in [0.2, 0.25) is 0 Å². The van der Waals surface area contributed by atoms with Gasteiger partial charge in [0.15, 0.2) is 0 Å². The number of nitrogens with zero attached hydrogens (tertiary/aromatic N) is 4. The summed E-state index contributed by atoms with van der Waals surface area (Å²) in [5.74, 6) is 0.114. The zero-order chi connectivity index (χ0) is 32.1. The molecule has 2 heterocycles. The molecule has 2 aromatic heterocycles. The molecule has 0 aliphatic rings. The highest BCUT2D eigenvalue weighted by Crippen LogP contribution is 2.23. The van der Waals surface area contributed by atoms with Crippen LogP contribution in [0.3, 0.4) is 0 Å². The number of benzene rings is 4. The van der Waals surface area contributed by atoms with Crippen LogP contribution in [0.5, 0.6) is 0 Å². The van der Waals surface area contributed by atoms with Crippen molar-refractivity contribution in [3.8, 4) is 22.5 Å². The summed E-state index contributed by atoms with van der Waals surface area (Å²) in [6.45, 7) is 1.83. The summed E-state index contributed by atoms with van der Waals surface area (Å²) in [6.07, 6.45) is 5.13. The smallest absolute Gasteiger partial charge is 0.326 e. The van der Waals surface area contributed by atoms with Gasteiger partial charge in [-0.05, 0) is 17.5 Å². The van der Waals surface area contributed by atoms with Gasteiger partial charge in [-0.15, -0.1) is 0 Å². The van der Waals surface area contributed by atoms with Gasteiger partial charge in [0.2, 0.25) is 0 Å². The van der Waals surface area contributed by atoms with Crippen LogP contribution in [0.25, 0.3) is 22.5 Å². The molecule has 0 radical (unpaired) electrons. The maximum Gasteiger partial charge on any atom is 0.326 e. The van der Waals surface area contributed by atoms with Gasteiger partial charge >= 0.3 is 5.97 Å². The molecule has 0 saturated carbocycles. The van der Waals surface area contributed by atoms with Crippen LogP contribution in [0.4, 0.5) is 11.6 Å². The summed E-state index contributed by atoms with van der Waals surface area (Å²) < 4.78 is 0. The lowest BCUT2D eigenvalue weighted by Gasteiger charge is -2.16. The predicted octanol–water partition coefficient (Wildman–Crippen LogP) is 7.33. The standard InChI is InChI=1S/C21H21N3O2.C17H15N3/c1-2-17(21(25)26)24-20-18(13-15-9-5-3-6-10-15)23-19(14-22-20)16-11-7-4-8-12-16;18-17-15(11-13-7-3-1-4-8-13)20-16(12-19-17)14-9-5-2-6-10-14/h3-12,14,17H,2,13H2,1H3,(H,22,24)(H,25,26);1-10,12H,11H2,(H2,18,19). The Morgan fingerprint density at radius 2 is 1.11 bits per heavy atom. The topological polar surface area (TPSA) is 127 Å². The number of nitrogen functional groups attached to an aromatic ring is 1. The molecular formula is C38H36N6O2. The van der Waals surface area contributed by atoms with Crippen molar-refractivity contribution < 1.29 is 9.90 Å². The number of aromatic nitrogens is 4. The molecule has 0 saturated heterocycles. The Labute approximate surface area is 269 Å². The van der Waals surface area contributed by atoms with Gasteiger partial charge in [-0.25, -0.2) is 24.7 Å². The molecule has 0 aliphatic heterocycles. The summed E-state index contributed by atoms with van der Waals surface area (Å²) in [6, 6.07) is 39.3. The van der Waals surface area contributed by atoms with Gasteiger partial charge in [0.25, 0.3) is 0 Å². The molecule has 0 aliphatic carbocycles. The summed E-state index contributed by atoms with van der Waals surface area (Å²) in [4.78, 5) is 29.6. The second kappa shape index (κ2) is 15.7. The fourth-order valence-corrected chi connectivity index (χ4v) is 4.82. The summed E-state index contributed by atoms with van der Waals surface area (Å²) >= 11 is 0. The molecule has 46 heavy (non-hydrogen) atoms. The average Bonchev–Trinajstić information content (AvgIpc) is 3.10. The number of carboxylic acids is 1. The zero-order valence-electron chi connectivity index (χ0n) is 25.6. The summed E-state index contributed by atoms with van der Waals surface area (Å²) in [7, 11) is 0. The minimum atomic E-state index is -0.896. The molecule has 4 N–H and O–H groups in total. The molecular weight excluding hydrogens is 572 g/mol. The lowest BCUT2D eigenvalue weighted by atomic mass is 10.1. The van der Waals surface area contributed by atoms with E-state index in [1.54, 1.807) is 12.4 Å². The largest absolute Gasteiger partial charge is 0.480 e. The number of rotatable bonds is 10. The number of nitrogens with one attached hydrogen (secondary N) is 1. The van der Waals surface area contributed by atoms with Crippen molar-refractivity contribution >= 4 is 17.6 Å². The maximum atomic E-state index is 11.4. The van der Waals surface area contributed by atoms with Crippen LogP contribution in [0, 0.1) is 0 Å². The molecule has 0 bridgehead atoms. The highest BCUT2D eigenvalue weighted by Gasteiger charge is 2.18. The van der Waals surface area contributed by atoms with Gasteiger partial charge < -0.3 is 16.2 Å². The van der Waals surface area contributed by atoms with Gasteiger partial charge in [0.1, 0.15) is 17.7 Å². The molecule has 230 valence electrons. The van der Waals surface area contributed by atoms with E-state index >= 15 is 0 Å². The number of anilines is 2. The SMILES string of the molecule is CCC(Nc1ncc(-c2ccccc2)nc1Cc1ccccc1)C(=O)O.Nc1ncc(-c2ccccc2)nc1Cc1ccccc1. The Bertz CT molecular complexity index is 1840. The van der Waals surface area contributed by atoms with Gasteiger partial charge in [-0.1, -0.05) is 128 Å². The van der Waals surface area contributed by atoms with Crippen molar-refractivity contribution in [2.45, 2.75) is 32.2 Å². The van der Waals surface area contributed by atoms with Crippen molar-refractivity contribution in [3.63, 3.8) is 0 Å². The Balaban J connectivity index is 0.000000187. The summed E-state index contributed by atoms with van der Waals surface area (Å²) in [5, 5.41) is 12.4. The van der Waals surface area contributed by atoms with Gasteiger partial charge in [0.05, 0.1) is 35.2 Å². The van der Waals surface area contributed by atoms with E-state index in [4.69, 9.17) is 10.7 Å². The monoisotopic (exact) mass is 608 g/mol. The number of nitrogens with two attached hydrogens (primary N) is 1. The molecule has 4 aromatic carbocycles.